The zero-order chi connectivity index (χ0) is 43.8. The van der Waals surface area contributed by atoms with Crippen molar-refractivity contribution in [2.24, 2.45) is 7.05 Å². The predicted molar refractivity (Wildman–Crippen MR) is 229 cm³/mol. The van der Waals surface area contributed by atoms with Crippen molar-refractivity contribution in [1.29, 1.82) is 0 Å². The molecule has 0 saturated carbocycles. The molecule has 0 aliphatic carbocycles. The number of benzene rings is 4. The van der Waals surface area contributed by atoms with E-state index in [-0.39, 0.29) is 69.0 Å². The molecule has 1 unspecified atom stereocenters. The van der Waals surface area contributed by atoms with E-state index in [1.807, 2.05) is 39.1 Å². The van der Waals surface area contributed by atoms with Gasteiger partial charge in [0.15, 0.2) is 6.61 Å². The molecule has 2 aliphatic rings. The van der Waals surface area contributed by atoms with Crippen molar-refractivity contribution in [1.82, 2.24) is 29.9 Å². The van der Waals surface area contributed by atoms with Crippen molar-refractivity contribution in [3.63, 3.8) is 0 Å². The second kappa shape index (κ2) is 17.3. The molecule has 6 aromatic rings. The molecule has 4 amide bonds. The van der Waals surface area contributed by atoms with Gasteiger partial charge in [-0.05, 0) is 92.9 Å². The summed E-state index contributed by atoms with van der Waals surface area (Å²) in [4.78, 5) is 65.2. The SMILES string of the molecule is Cc1nn(C)c(C)c1-c1c(Cl)ccc2c(CCCOc3cccc4cc(F)ccc34)c(C(=O)O)n(CCCNC(=O)COc3cccc4c3CN(C3CCC(=O)NC3=O)C4=O)c12. The summed E-state index contributed by atoms with van der Waals surface area (Å²) in [5.74, 6) is -2.18. The first-order valence-electron chi connectivity index (χ1n) is 20.4. The highest BCUT2D eigenvalue weighted by Gasteiger charge is 2.40. The second-order valence-corrected chi connectivity index (χ2v) is 15.9. The molecule has 16 heteroatoms. The molecule has 1 atom stereocenters. The largest absolute Gasteiger partial charge is 0.493 e. The number of halogens is 2. The van der Waals surface area contributed by atoms with Crippen LogP contribution in [0.25, 0.3) is 32.8 Å². The molecule has 0 spiro atoms. The van der Waals surface area contributed by atoms with Gasteiger partial charge in [0.05, 0.1) is 29.4 Å². The van der Waals surface area contributed by atoms with Gasteiger partial charge >= 0.3 is 5.97 Å². The van der Waals surface area contributed by atoms with Gasteiger partial charge in [0.25, 0.3) is 11.8 Å². The van der Waals surface area contributed by atoms with Gasteiger partial charge in [0, 0.05) is 65.3 Å². The number of hydrogen-bond donors (Lipinski definition) is 3. The minimum atomic E-state index is -1.11. The van der Waals surface area contributed by atoms with E-state index in [1.54, 1.807) is 45.6 Å². The highest BCUT2D eigenvalue weighted by Crippen LogP contribution is 2.42. The first-order chi connectivity index (χ1) is 29.8. The number of amides is 4. The van der Waals surface area contributed by atoms with Crippen molar-refractivity contribution in [3.8, 4) is 22.6 Å². The summed E-state index contributed by atoms with van der Waals surface area (Å²) in [5.41, 5.74) is 5.36. The number of aryl methyl sites for hydroxylation is 4. The van der Waals surface area contributed by atoms with Crippen molar-refractivity contribution in [2.75, 3.05) is 19.8 Å². The van der Waals surface area contributed by atoms with Crippen LogP contribution in [-0.2, 0) is 40.9 Å². The number of nitrogens with zero attached hydrogens (tertiary/aromatic N) is 4. The molecule has 320 valence electrons. The van der Waals surface area contributed by atoms with Gasteiger partial charge in [0.1, 0.15) is 29.1 Å². The lowest BCUT2D eigenvalue weighted by molar-refractivity contribution is -0.137. The summed E-state index contributed by atoms with van der Waals surface area (Å²) in [5, 5.41) is 23.2. The smallest absolute Gasteiger partial charge is 0.352 e. The number of rotatable bonds is 15. The van der Waals surface area contributed by atoms with Gasteiger partial charge < -0.3 is 29.4 Å². The van der Waals surface area contributed by atoms with Crippen LogP contribution in [-0.4, -0.2) is 79.8 Å². The third kappa shape index (κ3) is 7.95. The summed E-state index contributed by atoms with van der Waals surface area (Å²) in [7, 11) is 1.84. The quantitative estimate of drug-likeness (QED) is 0.0754. The molecule has 0 bridgehead atoms. The monoisotopic (exact) mass is 862 g/mol. The molecule has 62 heavy (non-hydrogen) atoms. The number of carbonyl (C=O) groups is 5. The van der Waals surface area contributed by atoms with Gasteiger partial charge in [-0.1, -0.05) is 35.9 Å². The molecular formula is C46H44ClFN6O8. The van der Waals surface area contributed by atoms with E-state index in [9.17, 15) is 33.5 Å². The molecule has 2 aromatic heterocycles. The standard InChI is InChI=1S/C46H44ClFN6O8/c1-25-40(26(2)52(3)51-25)41-34(47)16-15-31-30(10-6-21-61-36-11-4-8-27-22-28(48)13-14-29(27)36)43(46(59)60)53(42(31)41)20-7-19-49-39(56)24-62-37-12-5-9-32-33(37)23-54(45(32)58)35-17-18-38(55)50-44(35)57/h4-5,8-9,11-16,22,35H,6-7,10,17-21,23-24H2,1-3H3,(H,49,56)(H,59,60)(H,50,55,57). The van der Waals surface area contributed by atoms with Crippen LogP contribution in [0.4, 0.5) is 4.39 Å². The predicted octanol–water partition coefficient (Wildman–Crippen LogP) is 6.66. The molecule has 3 N–H and O–H groups in total. The Hall–Kier alpha value is -6.74. The minimum absolute atomic E-state index is 0.0978. The number of piperidine rings is 1. The van der Waals surface area contributed by atoms with Crippen LogP contribution in [0.15, 0.2) is 66.7 Å². The van der Waals surface area contributed by atoms with Crippen LogP contribution >= 0.6 is 11.6 Å². The van der Waals surface area contributed by atoms with Crippen LogP contribution in [0.1, 0.15) is 69.0 Å². The maximum Gasteiger partial charge on any atom is 0.352 e. The van der Waals surface area contributed by atoms with Crippen molar-refractivity contribution in [3.05, 3.63) is 111 Å². The van der Waals surface area contributed by atoms with Gasteiger partial charge in [-0.2, -0.15) is 5.10 Å². The topological polar surface area (TPSA) is 174 Å². The summed E-state index contributed by atoms with van der Waals surface area (Å²) in [6.45, 7) is 4.25. The zero-order valence-electron chi connectivity index (χ0n) is 34.3. The van der Waals surface area contributed by atoms with Crippen molar-refractivity contribution >= 4 is 62.9 Å². The highest BCUT2D eigenvalue weighted by molar-refractivity contribution is 6.35. The number of carbonyl (C=O) groups excluding carboxylic acids is 4. The number of carboxylic acid groups (broad SMARTS) is 1. The maximum atomic E-state index is 13.9. The summed E-state index contributed by atoms with van der Waals surface area (Å²) in [6.07, 6.45) is 1.55. The van der Waals surface area contributed by atoms with E-state index >= 15 is 0 Å². The lowest BCUT2D eigenvalue weighted by atomic mass is 9.98. The fourth-order valence-corrected chi connectivity index (χ4v) is 8.97. The third-order valence-electron chi connectivity index (χ3n) is 11.6. The number of imide groups is 1. The minimum Gasteiger partial charge on any atom is -0.493 e. The van der Waals surface area contributed by atoms with Gasteiger partial charge in [0.2, 0.25) is 11.8 Å². The van der Waals surface area contributed by atoms with Gasteiger partial charge in [-0.3, -0.25) is 29.2 Å². The van der Waals surface area contributed by atoms with Crippen LogP contribution < -0.4 is 20.1 Å². The second-order valence-electron chi connectivity index (χ2n) is 15.5. The Balaban J connectivity index is 0.988. The van der Waals surface area contributed by atoms with Crippen LogP contribution in [0.5, 0.6) is 11.5 Å². The molecule has 14 nitrogen and oxygen atoms in total. The Kier molecular flexibility index (Phi) is 11.7. The Bertz CT molecular complexity index is 2820. The van der Waals surface area contributed by atoms with Gasteiger partial charge in [-0.15, -0.1) is 0 Å². The van der Waals surface area contributed by atoms with E-state index in [2.05, 4.69) is 15.7 Å². The molecule has 0 radical (unpaired) electrons. The molecule has 4 heterocycles. The zero-order valence-corrected chi connectivity index (χ0v) is 35.1. The highest BCUT2D eigenvalue weighted by atomic mass is 35.5. The third-order valence-corrected chi connectivity index (χ3v) is 12.0. The average molecular weight is 863 g/mol. The summed E-state index contributed by atoms with van der Waals surface area (Å²) >= 11 is 6.98. The normalized spacial score (nSPS) is 15.0. The van der Waals surface area contributed by atoms with Crippen LogP contribution in [0.3, 0.4) is 0 Å². The number of aromatic carboxylic acids is 1. The van der Waals surface area contributed by atoms with Crippen molar-refractivity contribution in [2.45, 2.75) is 65.1 Å². The lowest BCUT2D eigenvalue weighted by Gasteiger charge is -2.29. The number of aromatic nitrogens is 3. The maximum absolute atomic E-state index is 13.9. The van der Waals surface area contributed by atoms with Crippen LogP contribution in [0, 0.1) is 19.7 Å². The van der Waals surface area contributed by atoms with Gasteiger partial charge in [-0.25, -0.2) is 9.18 Å². The lowest BCUT2D eigenvalue weighted by Crippen LogP contribution is -2.52. The fraction of sp³-hybridized carbons (Fsp3) is 0.304. The van der Waals surface area contributed by atoms with Crippen LogP contribution in [0.2, 0.25) is 5.02 Å². The number of carboxylic acids is 1. The Labute approximate surface area is 360 Å². The fourth-order valence-electron chi connectivity index (χ4n) is 8.72. The van der Waals surface area contributed by atoms with E-state index in [0.717, 1.165) is 27.7 Å². The molecule has 1 saturated heterocycles. The number of nitrogens with one attached hydrogen (secondary N) is 2. The Morgan fingerprint density at radius 1 is 0.984 bits per heavy atom. The van der Waals surface area contributed by atoms with Crippen molar-refractivity contribution < 1.29 is 42.9 Å². The number of ether oxygens (including phenoxy) is 2. The molecule has 4 aromatic carbocycles. The van der Waals surface area contributed by atoms with E-state index < -0.39 is 23.8 Å². The first kappa shape index (κ1) is 42.0. The first-order valence-corrected chi connectivity index (χ1v) is 20.7. The number of hydrogen-bond acceptors (Lipinski definition) is 8. The number of fused-ring (bicyclic) bond motifs is 3. The summed E-state index contributed by atoms with van der Waals surface area (Å²) < 4.78 is 29.5. The van der Waals surface area contributed by atoms with E-state index in [1.165, 1.54) is 17.0 Å². The summed E-state index contributed by atoms with van der Waals surface area (Å²) in [6, 6.07) is 17.7. The molecule has 2 aliphatic heterocycles. The van der Waals surface area contributed by atoms with E-state index in [4.69, 9.17) is 21.1 Å². The Morgan fingerprint density at radius 3 is 2.52 bits per heavy atom. The Morgan fingerprint density at radius 2 is 1.76 bits per heavy atom. The average Bonchev–Trinajstić information content (AvgIpc) is 3.83. The molecule has 1 fully saturated rings. The van der Waals surface area contributed by atoms with E-state index in [0.29, 0.717) is 68.9 Å². The molecular weight excluding hydrogens is 819 g/mol. The molecule has 8 rings (SSSR count).